The summed E-state index contributed by atoms with van der Waals surface area (Å²) in [6, 6.07) is 7.88. The Kier molecular flexibility index (Phi) is 3.98. The van der Waals surface area contributed by atoms with E-state index in [1.165, 1.54) is 0 Å². The summed E-state index contributed by atoms with van der Waals surface area (Å²) in [7, 11) is 1.65. The molecule has 0 saturated heterocycles. The zero-order chi connectivity index (χ0) is 18.4. The number of Topliss-reactive ketones (excluding diaryl/α,β-unsaturated/α-hetero) is 1. The number of ether oxygens (including phenoxy) is 1. The molecule has 2 aromatic heterocycles. The van der Waals surface area contributed by atoms with Gasteiger partial charge in [-0.3, -0.25) is 4.79 Å². The molecule has 0 fully saturated rings. The number of methoxy groups -OCH3 is 1. The van der Waals surface area contributed by atoms with E-state index in [0.717, 1.165) is 34.7 Å². The lowest BCUT2D eigenvalue weighted by Crippen LogP contribution is -2.23. The van der Waals surface area contributed by atoms with E-state index in [-0.39, 0.29) is 11.7 Å². The lowest BCUT2D eigenvalue weighted by Gasteiger charge is -2.19. The number of aromatic nitrogens is 4. The summed E-state index contributed by atoms with van der Waals surface area (Å²) in [4.78, 5) is 12.3. The van der Waals surface area contributed by atoms with Gasteiger partial charge in [0, 0.05) is 6.42 Å². The fraction of sp³-hybridized carbons (Fsp3) is 0.400. The van der Waals surface area contributed by atoms with Crippen LogP contribution in [0.3, 0.4) is 0 Å². The van der Waals surface area contributed by atoms with Gasteiger partial charge in [0.05, 0.1) is 24.1 Å². The molecule has 1 aliphatic rings. The van der Waals surface area contributed by atoms with Crippen molar-refractivity contribution in [3.63, 3.8) is 0 Å². The molecule has 6 nitrogen and oxygen atoms in total. The fourth-order valence-corrected chi connectivity index (χ4v) is 3.62. The molecule has 1 atom stereocenters. The maximum atomic E-state index is 12.3. The third-order valence-corrected chi connectivity index (χ3v) is 4.93. The number of fused-ring (bicyclic) bond motifs is 3. The monoisotopic (exact) mass is 350 g/mol. The van der Waals surface area contributed by atoms with Crippen molar-refractivity contribution in [3.05, 3.63) is 41.3 Å². The molecule has 0 radical (unpaired) electrons. The van der Waals surface area contributed by atoms with Gasteiger partial charge in [0.15, 0.2) is 17.1 Å². The molecule has 6 heteroatoms. The van der Waals surface area contributed by atoms with Crippen LogP contribution in [0.1, 0.15) is 55.0 Å². The highest BCUT2D eigenvalue weighted by Crippen LogP contribution is 2.34. The van der Waals surface area contributed by atoms with Gasteiger partial charge in [0.1, 0.15) is 5.75 Å². The molecule has 3 aromatic rings. The zero-order valence-electron chi connectivity index (χ0n) is 15.5. The number of benzene rings is 1. The minimum atomic E-state index is 0.0562. The second-order valence-corrected chi connectivity index (χ2v) is 7.31. The van der Waals surface area contributed by atoms with Gasteiger partial charge in [-0.1, -0.05) is 32.9 Å². The molecule has 0 unspecified atom stereocenters. The molecule has 0 bridgehead atoms. The minimum absolute atomic E-state index is 0.0562. The average Bonchev–Trinajstić information content (AvgIpc) is 3.02. The van der Waals surface area contributed by atoms with Crippen molar-refractivity contribution in [2.75, 3.05) is 7.11 Å². The molecule has 1 aliphatic carbocycles. The molecule has 0 amide bonds. The third kappa shape index (κ3) is 2.57. The van der Waals surface area contributed by atoms with Gasteiger partial charge in [0.25, 0.3) is 0 Å². The highest BCUT2D eigenvalue weighted by molar-refractivity contribution is 5.96. The summed E-state index contributed by atoms with van der Waals surface area (Å²) in [6.45, 7) is 6.31. The number of hydrogen-bond donors (Lipinski definition) is 0. The quantitative estimate of drug-likeness (QED) is 0.720. The summed E-state index contributed by atoms with van der Waals surface area (Å²) < 4.78 is 7.10. The first-order chi connectivity index (χ1) is 12.5. The Bertz CT molecular complexity index is 989. The lowest BCUT2D eigenvalue weighted by molar-refractivity contribution is 0.0944. The Balaban J connectivity index is 1.98. The summed E-state index contributed by atoms with van der Waals surface area (Å²) in [6.07, 6.45) is 1.31. The van der Waals surface area contributed by atoms with E-state index in [0.29, 0.717) is 23.7 Å². The summed E-state index contributed by atoms with van der Waals surface area (Å²) in [5, 5.41) is 13.5. The lowest BCUT2D eigenvalue weighted by atomic mass is 9.90. The van der Waals surface area contributed by atoms with Crippen molar-refractivity contribution >= 4 is 11.4 Å². The smallest absolute Gasteiger partial charge is 0.185 e. The van der Waals surface area contributed by atoms with Crippen molar-refractivity contribution in [1.82, 2.24) is 19.8 Å². The van der Waals surface area contributed by atoms with E-state index in [2.05, 4.69) is 31.0 Å². The van der Waals surface area contributed by atoms with Crippen molar-refractivity contribution in [1.29, 1.82) is 0 Å². The maximum absolute atomic E-state index is 12.3. The molecule has 26 heavy (non-hydrogen) atoms. The fourth-order valence-electron chi connectivity index (χ4n) is 3.62. The summed E-state index contributed by atoms with van der Waals surface area (Å²) >= 11 is 0. The van der Waals surface area contributed by atoms with Crippen LogP contribution in [0.25, 0.3) is 16.8 Å². The Labute approximate surface area is 152 Å². The van der Waals surface area contributed by atoms with Crippen molar-refractivity contribution < 1.29 is 9.53 Å². The molecule has 134 valence electrons. The normalized spacial score (nSPS) is 17.0. The Morgan fingerprint density at radius 1 is 1.15 bits per heavy atom. The van der Waals surface area contributed by atoms with E-state index >= 15 is 0 Å². The predicted molar refractivity (Wildman–Crippen MR) is 98.7 cm³/mol. The highest BCUT2D eigenvalue weighted by atomic mass is 16.5. The van der Waals surface area contributed by atoms with E-state index < -0.39 is 0 Å². The van der Waals surface area contributed by atoms with E-state index in [1.807, 2.05) is 28.8 Å². The van der Waals surface area contributed by atoms with Crippen molar-refractivity contribution in [2.45, 2.75) is 39.5 Å². The third-order valence-electron chi connectivity index (χ3n) is 4.93. The maximum Gasteiger partial charge on any atom is 0.185 e. The number of rotatable bonds is 3. The van der Waals surface area contributed by atoms with Gasteiger partial charge >= 0.3 is 0 Å². The van der Waals surface area contributed by atoms with Crippen LogP contribution in [0.15, 0.2) is 24.3 Å². The van der Waals surface area contributed by atoms with E-state index in [1.54, 1.807) is 7.11 Å². The van der Waals surface area contributed by atoms with Gasteiger partial charge < -0.3 is 4.74 Å². The standard InChI is InChI=1S/C20H22N4O2/c1-11(2)18-17(13-5-7-14(26-4)8-6-13)20-22-21-19-15(24(20)23-18)9-12(3)10-16(19)25/h5-8,11-12H,9-10H2,1-4H3/t12-/m1/s1. The van der Waals surface area contributed by atoms with Crippen LogP contribution in [0, 0.1) is 5.92 Å². The molecular formula is C20H22N4O2. The van der Waals surface area contributed by atoms with Crippen LogP contribution in [0.4, 0.5) is 0 Å². The number of carbonyl (C=O) groups excluding carboxylic acids is 1. The largest absolute Gasteiger partial charge is 0.497 e. The van der Waals surface area contributed by atoms with E-state index in [4.69, 9.17) is 9.84 Å². The molecule has 4 rings (SSSR count). The number of carbonyl (C=O) groups is 1. The van der Waals surface area contributed by atoms with Gasteiger partial charge in [-0.05, 0) is 36.0 Å². The first-order valence-electron chi connectivity index (χ1n) is 8.95. The van der Waals surface area contributed by atoms with E-state index in [9.17, 15) is 4.79 Å². The second kappa shape index (κ2) is 6.20. The summed E-state index contributed by atoms with van der Waals surface area (Å²) in [5.41, 5.74) is 5.01. The molecule has 2 heterocycles. The van der Waals surface area contributed by atoms with Crippen LogP contribution in [-0.4, -0.2) is 32.7 Å². The highest BCUT2D eigenvalue weighted by Gasteiger charge is 2.29. The van der Waals surface area contributed by atoms with Crippen LogP contribution in [0.2, 0.25) is 0 Å². The SMILES string of the molecule is COc1ccc(-c2c(C(C)C)nn3c4c(nnc23)C(=O)C[C@H](C)C4)cc1. The molecule has 0 N–H and O–H groups in total. The zero-order valence-corrected chi connectivity index (χ0v) is 15.5. The number of nitrogens with zero attached hydrogens (tertiary/aromatic N) is 4. The van der Waals surface area contributed by atoms with Gasteiger partial charge in [-0.2, -0.15) is 5.10 Å². The van der Waals surface area contributed by atoms with Crippen LogP contribution >= 0.6 is 0 Å². The predicted octanol–water partition coefficient (Wildman–Crippen LogP) is 3.69. The van der Waals surface area contributed by atoms with Crippen LogP contribution < -0.4 is 4.74 Å². The topological polar surface area (TPSA) is 69.4 Å². The molecule has 0 spiro atoms. The number of hydrogen-bond acceptors (Lipinski definition) is 5. The Morgan fingerprint density at radius 2 is 1.88 bits per heavy atom. The molecule has 1 aromatic carbocycles. The Morgan fingerprint density at radius 3 is 2.54 bits per heavy atom. The van der Waals surface area contributed by atoms with Crippen LogP contribution in [-0.2, 0) is 6.42 Å². The van der Waals surface area contributed by atoms with Crippen molar-refractivity contribution in [3.8, 4) is 16.9 Å². The molecular weight excluding hydrogens is 328 g/mol. The first kappa shape index (κ1) is 16.7. The average molecular weight is 350 g/mol. The molecule has 0 aliphatic heterocycles. The number of ketones is 1. The van der Waals surface area contributed by atoms with Gasteiger partial charge in [0.2, 0.25) is 0 Å². The minimum Gasteiger partial charge on any atom is -0.497 e. The first-order valence-corrected chi connectivity index (χ1v) is 8.95. The van der Waals surface area contributed by atoms with Crippen LogP contribution in [0.5, 0.6) is 5.75 Å². The van der Waals surface area contributed by atoms with Gasteiger partial charge in [-0.15, -0.1) is 10.2 Å². The molecule has 0 saturated carbocycles. The summed E-state index contributed by atoms with van der Waals surface area (Å²) in [5.74, 6) is 1.37. The van der Waals surface area contributed by atoms with Crippen molar-refractivity contribution in [2.24, 2.45) is 5.92 Å². The van der Waals surface area contributed by atoms with Gasteiger partial charge in [-0.25, -0.2) is 4.52 Å². The Hall–Kier alpha value is -2.76. The second-order valence-electron chi connectivity index (χ2n) is 7.31.